The summed E-state index contributed by atoms with van der Waals surface area (Å²) in [6.07, 6.45) is 3.79. The van der Waals surface area contributed by atoms with Crippen molar-refractivity contribution in [3.63, 3.8) is 0 Å². The van der Waals surface area contributed by atoms with Crippen molar-refractivity contribution in [3.8, 4) is 0 Å². The number of rotatable bonds is 8. The maximum atomic E-state index is 5.79. The second kappa shape index (κ2) is 7.12. The highest BCUT2D eigenvalue weighted by molar-refractivity contribution is 9.10. The van der Waals surface area contributed by atoms with Gasteiger partial charge in [-0.1, -0.05) is 15.9 Å². The first-order valence-electron chi connectivity index (χ1n) is 6.57. The maximum Gasteiger partial charge on any atom is 0.0494 e. The molecule has 4 heteroatoms. The summed E-state index contributed by atoms with van der Waals surface area (Å²) >= 11 is 3.45. The first-order valence-corrected chi connectivity index (χ1v) is 7.37. The summed E-state index contributed by atoms with van der Waals surface area (Å²) in [5.74, 6) is 0.864. The molecular formula is C14H21BrN2O. The van der Waals surface area contributed by atoms with E-state index in [-0.39, 0.29) is 0 Å². The largest absolute Gasteiger partial charge is 0.399 e. The van der Waals surface area contributed by atoms with Gasteiger partial charge < -0.3 is 15.8 Å². The van der Waals surface area contributed by atoms with Crippen molar-refractivity contribution >= 4 is 21.6 Å². The van der Waals surface area contributed by atoms with Gasteiger partial charge in [0.2, 0.25) is 0 Å². The van der Waals surface area contributed by atoms with Gasteiger partial charge in [0.15, 0.2) is 0 Å². The van der Waals surface area contributed by atoms with Crippen molar-refractivity contribution in [2.75, 3.05) is 25.5 Å². The monoisotopic (exact) mass is 312 g/mol. The molecule has 1 aliphatic carbocycles. The number of nitrogens with one attached hydrogen (secondary N) is 1. The van der Waals surface area contributed by atoms with Gasteiger partial charge >= 0.3 is 0 Å². The van der Waals surface area contributed by atoms with E-state index >= 15 is 0 Å². The van der Waals surface area contributed by atoms with Crippen LogP contribution in [0.3, 0.4) is 0 Å². The van der Waals surface area contributed by atoms with Crippen molar-refractivity contribution in [1.29, 1.82) is 0 Å². The molecule has 3 nitrogen and oxygen atoms in total. The van der Waals surface area contributed by atoms with E-state index in [1.807, 2.05) is 12.1 Å². The molecule has 0 unspecified atom stereocenters. The minimum atomic E-state index is 0.800. The number of anilines is 1. The molecule has 0 saturated heterocycles. The van der Waals surface area contributed by atoms with Crippen molar-refractivity contribution in [2.24, 2.45) is 5.92 Å². The number of nitrogen functional groups attached to an aromatic ring is 1. The number of hydrogen-bond donors (Lipinski definition) is 2. The lowest BCUT2D eigenvalue weighted by molar-refractivity contribution is 0.122. The van der Waals surface area contributed by atoms with Gasteiger partial charge in [-0.3, -0.25) is 0 Å². The van der Waals surface area contributed by atoms with E-state index in [1.165, 1.54) is 18.4 Å². The van der Waals surface area contributed by atoms with Crippen molar-refractivity contribution in [1.82, 2.24) is 5.32 Å². The van der Waals surface area contributed by atoms with Gasteiger partial charge in [0.05, 0.1) is 0 Å². The Morgan fingerprint density at radius 3 is 2.89 bits per heavy atom. The second-order valence-electron chi connectivity index (χ2n) is 4.94. The molecule has 1 aliphatic rings. The summed E-state index contributed by atoms with van der Waals surface area (Å²) in [6.45, 7) is 3.66. The SMILES string of the molecule is Nc1cc(Br)cc(CNCCCOCC2CC2)c1. The molecule has 1 aromatic rings. The summed E-state index contributed by atoms with van der Waals surface area (Å²) in [4.78, 5) is 0. The zero-order valence-corrected chi connectivity index (χ0v) is 12.2. The second-order valence-corrected chi connectivity index (χ2v) is 5.86. The molecule has 3 N–H and O–H groups in total. The molecule has 0 heterocycles. The van der Waals surface area contributed by atoms with Crippen LogP contribution < -0.4 is 11.1 Å². The van der Waals surface area contributed by atoms with Crippen LogP contribution in [0.1, 0.15) is 24.8 Å². The predicted molar refractivity (Wildman–Crippen MR) is 78.4 cm³/mol. The summed E-state index contributed by atoms with van der Waals surface area (Å²) in [5.41, 5.74) is 7.79. The minimum Gasteiger partial charge on any atom is -0.399 e. The van der Waals surface area contributed by atoms with Crippen LogP contribution in [0, 0.1) is 5.92 Å². The molecule has 0 spiro atoms. The smallest absolute Gasteiger partial charge is 0.0494 e. The standard InChI is InChI=1S/C14H21BrN2O/c15-13-6-12(7-14(16)8-13)9-17-4-1-5-18-10-11-2-3-11/h6-8,11,17H,1-5,9-10,16H2. The molecule has 0 bridgehead atoms. The summed E-state index contributed by atoms with van der Waals surface area (Å²) in [6, 6.07) is 6.00. The Kier molecular flexibility index (Phi) is 5.47. The summed E-state index contributed by atoms with van der Waals surface area (Å²) in [7, 11) is 0. The van der Waals surface area contributed by atoms with Crippen LogP contribution >= 0.6 is 15.9 Å². The Morgan fingerprint density at radius 1 is 1.33 bits per heavy atom. The molecule has 18 heavy (non-hydrogen) atoms. The highest BCUT2D eigenvalue weighted by Crippen LogP contribution is 2.28. The lowest BCUT2D eigenvalue weighted by Crippen LogP contribution is -2.16. The molecule has 0 atom stereocenters. The molecule has 1 fully saturated rings. The van der Waals surface area contributed by atoms with Crippen LogP contribution in [0.25, 0.3) is 0 Å². The molecule has 1 aromatic carbocycles. The molecule has 100 valence electrons. The molecular weight excluding hydrogens is 292 g/mol. The summed E-state index contributed by atoms with van der Waals surface area (Å²) in [5, 5.41) is 3.40. The fourth-order valence-corrected chi connectivity index (χ4v) is 2.40. The fourth-order valence-electron chi connectivity index (χ4n) is 1.84. The van der Waals surface area contributed by atoms with Gasteiger partial charge in [-0.05, 0) is 55.5 Å². The van der Waals surface area contributed by atoms with E-state index < -0.39 is 0 Å². The third kappa shape index (κ3) is 5.38. The number of ether oxygens (including phenoxy) is 1. The lowest BCUT2D eigenvalue weighted by atomic mass is 10.2. The fraction of sp³-hybridized carbons (Fsp3) is 0.571. The van der Waals surface area contributed by atoms with Crippen molar-refractivity contribution in [2.45, 2.75) is 25.8 Å². The van der Waals surface area contributed by atoms with Gasteiger partial charge in [-0.15, -0.1) is 0 Å². The van der Waals surface area contributed by atoms with Crippen LogP contribution in [0.15, 0.2) is 22.7 Å². The average molecular weight is 313 g/mol. The van der Waals surface area contributed by atoms with E-state index in [9.17, 15) is 0 Å². The Hall–Kier alpha value is -0.580. The third-order valence-electron chi connectivity index (χ3n) is 3.00. The highest BCUT2D eigenvalue weighted by atomic mass is 79.9. The molecule has 1 saturated carbocycles. The zero-order chi connectivity index (χ0) is 12.8. The Morgan fingerprint density at radius 2 is 2.17 bits per heavy atom. The maximum absolute atomic E-state index is 5.79. The van der Waals surface area contributed by atoms with Gasteiger partial charge in [0.25, 0.3) is 0 Å². The molecule has 0 aromatic heterocycles. The van der Waals surface area contributed by atoms with Crippen LogP contribution in [0.5, 0.6) is 0 Å². The summed E-state index contributed by atoms with van der Waals surface area (Å²) < 4.78 is 6.61. The molecule has 0 amide bonds. The van der Waals surface area contributed by atoms with Crippen molar-refractivity contribution < 1.29 is 4.74 Å². The first kappa shape index (κ1) is 13.8. The third-order valence-corrected chi connectivity index (χ3v) is 3.46. The topological polar surface area (TPSA) is 47.3 Å². The Balaban J connectivity index is 1.53. The lowest BCUT2D eigenvalue weighted by Gasteiger charge is -2.07. The number of benzene rings is 1. The molecule has 2 rings (SSSR count). The quantitative estimate of drug-likeness (QED) is 0.573. The Labute approximate surface area is 117 Å². The molecule has 0 aliphatic heterocycles. The van der Waals surface area contributed by atoms with E-state index in [0.29, 0.717) is 0 Å². The van der Waals surface area contributed by atoms with E-state index in [4.69, 9.17) is 10.5 Å². The normalized spacial score (nSPS) is 14.9. The number of halogens is 1. The highest BCUT2D eigenvalue weighted by Gasteiger charge is 2.20. The average Bonchev–Trinajstić information content (AvgIpc) is 3.10. The van der Waals surface area contributed by atoms with Crippen LogP contribution in [-0.4, -0.2) is 19.8 Å². The van der Waals surface area contributed by atoms with Crippen LogP contribution in [-0.2, 0) is 11.3 Å². The van der Waals surface area contributed by atoms with Gasteiger partial charge in [-0.2, -0.15) is 0 Å². The van der Waals surface area contributed by atoms with Crippen LogP contribution in [0.4, 0.5) is 5.69 Å². The van der Waals surface area contributed by atoms with Crippen molar-refractivity contribution in [3.05, 3.63) is 28.2 Å². The van der Waals surface area contributed by atoms with E-state index in [0.717, 1.165) is 48.8 Å². The van der Waals surface area contributed by atoms with Crippen LogP contribution in [0.2, 0.25) is 0 Å². The zero-order valence-electron chi connectivity index (χ0n) is 10.6. The first-order chi connectivity index (χ1) is 8.74. The van der Waals surface area contributed by atoms with Gasteiger partial charge in [0.1, 0.15) is 0 Å². The Bertz CT molecular complexity index is 360. The van der Waals surface area contributed by atoms with E-state index in [2.05, 4.69) is 27.3 Å². The van der Waals surface area contributed by atoms with E-state index in [1.54, 1.807) is 0 Å². The molecule has 0 radical (unpaired) electrons. The number of nitrogens with two attached hydrogens (primary N) is 1. The van der Waals surface area contributed by atoms with Gasteiger partial charge in [-0.25, -0.2) is 0 Å². The van der Waals surface area contributed by atoms with Gasteiger partial charge in [0, 0.05) is 29.9 Å². The predicted octanol–water partition coefficient (Wildman–Crippen LogP) is 2.94. The number of hydrogen-bond acceptors (Lipinski definition) is 3. The minimum absolute atomic E-state index is 0.800.